The molecule has 0 aliphatic heterocycles. The van der Waals surface area contributed by atoms with Crippen molar-refractivity contribution in [3.8, 4) is 0 Å². The van der Waals surface area contributed by atoms with Crippen molar-refractivity contribution in [2.45, 2.75) is 6.61 Å². The molecule has 1 aromatic heterocycles. The van der Waals surface area contributed by atoms with Crippen LogP contribution in [0.15, 0.2) is 46.9 Å². The van der Waals surface area contributed by atoms with Gasteiger partial charge in [0.1, 0.15) is 0 Å². The Hall–Kier alpha value is -2.60. The number of carbonyl (C=O) groups is 2. The zero-order chi connectivity index (χ0) is 15.9. The van der Waals surface area contributed by atoms with Gasteiger partial charge in [-0.15, -0.1) is 0 Å². The first-order valence-electron chi connectivity index (χ1n) is 6.78. The fraction of sp³-hybridized carbons (Fsp3) is 0.250. The lowest BCUT2D eigenvalue weighted by atomic mass is 10.2. The average molecular weight is 303 g/mol. The van der Waals surface area contributed by atoms with E-state index in [1.807, 2.05) is 30.3 Å². The van der Waals surface area contributed by atoms with Crippen LogP contribution >= 0.6 is 0 Å². The fourth-order valence-corrected chi connectivity index (χ4v) is 1.82. The molecule has 0 saturated heterocycles. The zero-order valence-corrected chi connectivity index (χ0v) is 12.2. The number of carboxylic acid groups (broad SMARTS) is 1. The van der Waals surface area contributed by atoms with Crippen LogP contribution in [0.5, 0.6) is 0 Å². The van der Waals surface area contributed by atoms with Crippen molar-refractivity contribution in [3.63, 3.8) is 0 Å². The van der Waals surface area contributed by atoms with Crippen LogP contribution in [0.25, 0.3) is 0 Å². The van der Waals surface area contributed by atoms with E-state index in [0.29, 0.717) is 19.8 Å². The van der Waals surface area contributed by atoms with Crippen LogP contribution < -0.4 is 0 Å². The minimum Gasteiger partial charge on any atom is -0.475 e. The van der Waals surface area contributed by atoms with E-state index < -0.39 is 5.97 Å². The number of rotatable bonds is 7. The molecular formula is C16H17NO5. The second-order valence-corrected chi connectivity index (χ2v) is 4.73. The van der Waals surface area contributed by atoms with Gasteiger partial charge in [0.2, 0.25) is 5.76 Å². The van der Waals surface area contributed by atoms with E-state index in [2.05, 4.69) is 0 Å². The van der Waals surface area contributed by atoms with Crippen LogP contribution in [0.1, 0.15) is 26.7 Å². The first-order valence-corrected chi connectivity index (χ1v) is 6.78. The van der Waals surface area contributed by atoms with Gasteiger partial charge in [-0.1, -0.05) is 30.3 Å². The van der Waals surface area contributed by atoms with Gasteiger partial charge in [0.25, 0.3) is 5.91 Å². The molecule has 0 aliphatic carbocycles. The lowest BCUT2D eigenvalue weighted by Gasteiger charge is -2.15. The van der Waals surface area contributed by atoms with E-state index in [4.69, 9.17) is 14.3 Å². The number of nitrogens with zero attached hydrogens (tertiary/aromatic N) is 1. The number of hydrogen-bond donors (Lipinski definition) is 1. The van der Waals surface area contributed by atoms with E-state index in [1.165, 1.54) is 17.0 Å². The summed E-state index contributed by atoms with van der Waals surface area (Å²) in [5.41, 5.74) is 1.06. The van der Waals surface area contributed by atoms with Crippen LogP contribution in [-0.4, -0.2) is 42.1 Å². The average Bonchev–Trinajstić information content (AvgIpc) is 3.02. The third-order valence-electron chi connectivity index (χ3n) is 3.06. The highest BCUT2D eigenvalue weighted by atomic mass is 16.5. The highest BCUT2D eigenvalue weighted by Crippen LogP contribution is 2.10. The Kier molecular flexibility index (Phi) is 5.32. The van der Waals surface area contributed by atoms with Crippen molar-refractivity contribution in [3.05, 3.63) is 59.5 Å². The molecule has 2 aromatic rings. The molecule has 1 heterocycles. The maximum absolute atomic E-state index is 12.0. The van der Waals surface area contributed by atoms with E-state index in [1.54, 1.807) is 7.05 Å². The summed E-state index contributed by atoms with van der Waals surface area (Å²) in [7, 11) is 1.61. The van der Waals surface area contributed by atoms with Gasteiger partial charge in [0.15, 0.2) is 5.76 Å². The van der Waals surface area contributed by atoms with Gasteiger partial charge in [0.05, 0.1) is 13.2 Å². The minimum absolute atomic E-state index is 0.00274. The summed E-state index contributed by atoms with van der Waals surface area (Å²) in [5, 5.41) is 8.76. The molecule has 6 nitrogen and oxygen atoms in total. The molecule has 2 rings (SSSR count). The van der Waals surface area contributed by atoms with Crippen LogP contribution in [0.4, 0.5) is 0 Å². The van der Waals surface area contributed by atoms with Crippen molar-refractivity contribution < 1.29 is 23.8 Å². The van der Waals surface area contributed by atoms with Crippen molar-refractivity contribution in [2.75, 3.05) is 20.2 Å². The highest BCUT2D eigenvalue weighted by molar-refractivity contribution is 5.93. The summed E-state index contributed by atoms with van der Waals surface area (Å²) in [6.07, 6.45) is 0. The van der Waals surface area contributed by atoms with Crippen molar-refractivity contribution in [1.29, 1.82) is 0 Å². The summed E-state index contributed by atoms with van der Waals surface area (Å²) in [6, 6.07) is 12.3. The summed E-state index contributed by atoms with van der Waals surface area (Å²) in [4.78, 5) is 24.2. The van der Waals surface area contributed by atoms with Crippen molar-refractivity contribution in [1.82, 2.24) is 4.90 Å². The number of carbonyl (C=O) groups excluding carboxylic acids is 1. The van der Waals surface area contributed by atoms with Crippen LogP contribution in [0, 0.1) is 0 Å². The van der Waals surface area contributed by atoms with E-state index in [-0.39, 0.29) is 17.4 Å². The molecule has 116 valence electrons. The summed E-state index contributed by atoms with van der Waals surface area (Å²) >= 11 is 0. The number of likely N-dealkylation sites (N-methyl/N-ethyl adjacent to an activating group) is 1. The zero-order valence-electron chi connectivity index (χ0n) is 12.2. The third kappa shape index (κ3) is 4.20. The molecule has 0 aliphatic rings. The number of aromatic carboxylic acids is 1. The Balaban J connectivity index is 1.77. The first kappa shape index (κ1) is 15.8. The molecule has 1 amide bonds. The largest absolute Gasteiger partial charge is 0.475 e. The lowest BCUT2D eigenvalue weighted by Crippen LogP contribution is -2.29. The smallest absolute Gasteiger partial charge is 0.371 e. The molecule has 22 heavy (non-hydrogen) atoms. The number of benzene rings is 1. The molecule has 0 spiro atoms. The van der Waals surface area contributed by atoms with Crippen LogP contribution in [-0.2, 0) is 11.3 Å². The number of ether oxygens (including phenoxy) is 1. The Morgan fingerprint density at radius 3 is 2.45 bits per heavy atom. The van der Waals surface area contributed by atoms with E-state index in [0.717, 1.165) is 5.56 Å². The molecule has 1 N–H and O–H groups in total. The van der Waals surface area contributed by atoms with Gasteiger partial charge < -0.3 is 19.2 Å². The van der Waals surface area contributed by atoms with E-state index in [9.17, 15) is 9.59 Å². The van der Waals surface area contributed by atoms with Gasteiger partial charge >= 0.3 is 5.97 Å². The molecule has 0 radical (unpaired) electrons. The topological polar surface area (TPSA) is 80.0 Å². The number of hydrogen-bond acceptors (Lipinski definition) is 4. The number of furan rings is 1. The Morgan fingerprint density at radius 1 is 1.14 bits per heavy atom. The number of amides is 1. The summed E-state index contributed by atoms with van der Waals surface area (Å²) in [5.74, 6) is -1.83. The Morgan fingerprint density at radius 2 is 1.82 bits per heavy atom. The SMILES string of the molecule is CN(CCOCc1ccccc1)C(=O)c1ccc(C(=O)O)o1. The molecule has 0 bridgehead atoms. The van der Waals surface area contributed by atoms with Crippen LogP contribution in [0.2, 0.25) is 0 Å². The predicted octanol–water partition coefficient (Wildman–Crippen LogP) is 2.27. The summed E-state index contributed by atoms with van der Waals surface area (Å²) in [6.45, 7) is 1.24. The minimum atomic E-state index is -1.20. The lowest BCUT2D eigenvalue weighted by molar-refractivity contribution is 0.0622. The van der Waals surface area contributed by atoms with E-state index >= 15 is 0 Å². The molecule has 0 fully saturated rings. The van der Waals surface area contributed by atoms with Gasteiger partial charge in [-0.25, -0.2) is 4.79 Å². The number of carboxylic acids is 1. The second-order valence-electron chi connectivity index (χ2n) is 4.73. The van der Waals surface area contributed by atoms with Gasteiger partial charge in [-0.05, 0) is 17.7 Å². The van der Waals surface area contributed by atoms with Crippen molar-refractivity contribution in [2.24, 2.45) is 0 Å². The normalized spacial score (nSPS) is 10.4. The maximum Gasteiger partial charge on any atom is 0.371 e. The summed E-state index contributed by atoms with van der Waals surface area (Å²) < 4.78 is 10.5. The van der Waals surface area contributed by atoms with Gasteiger partial charge in [-0.2, -0.15) is 0 Å². The quantitative estimate of drug-likeness (QED) is 0.794. The Bertz CT molecular complexity index is 635. The highest BCUT2D eigenvalue weighted by Gasteiger charge is 2.18. The maximum atomic E-state index is 12.0. The third-order valence-corrected chi connectivity index (χ3v) is 3.06. The molecule has 0 saturated carbocycles. The van der Waals surface area contributed by atoms with Crippen LogP contribution in [0.3, 0.4) is 0 Å². The predicted molar refractivity (Wildman–Crippen MR) is 78.7 cm³/mol. The molecule has 6 heteroatoms. The van der Waals surface area contributed by atoms with Gasteiger partial charge in [-0.3, -0.25) is 4.79 Å². The molecule has 0 atom stereocenters. The molecule has 1 aromatic carbocycles. The first-order chi connectivity index (χ1) is 10.6. The Labute approximate surface area is 127 Å². The second kappa shape index (κ2) is 7.42. The van der Waals surface area contributed by atoms with Gasteiger partial charge in [0, 0.05) is 13.6 Å². The standard InChI is InChI=1S/C16H17NO5/c1-17(9-10-21-11-12-5-3-2-4-6-12)15(18)13-7-8-14(22-13)16(19)20/h2-8H,9-11H2,1H3,(H,19,20). The monoisotopic (exact) mass is 303 g/mol. The fourth-order valence-electron chi connectivity index (χ4n) is 1.82. The van der Waals surface area contributed by atoms with Crippen molar-refractivity contribution >= 4 is 11.9 Å². The molecular weight excluding hydrogens is 286 g/mol. The molecule has 0 unspecified atom stereocenters.